The van der Waals surface area contributed by atoms with E-state index < -0.39 is 5.54 Å². The number of carbonyl (C=O) groups excluding carboxylic acids is 2. The van der Waals surface area contributed by atoms with Gasteiger partial charge in [-0.1, -0.05) is 29.8 Å². The molecule has 1 heterocycles. The predicted octanol–water partition coefficient (Wildman–Crippen LogP) is 3.63. The average molecular weight is 371 g/mol. The largest absolute Gasteiger partial charge is 0.497 e. The maximum atomic E-state index is 13.3. The third-order valence-corrected chi connectivity index (χ3v) is 5.45. The number of fused-ring (bicyclic) bond motifs is 2. The zero-order valence-electron chi connectivity index (χ0n) is 14.4. The number of methoxy groups -OCH3 is 1. The van der Waals surface area contributed by atoms with Gasteiger partial charge in [0.25, 0.3) is 5.91 Å². The van der Waals surface area contributed by atoms with E-state index in [1.54, 1.807) is 19.2 Å². The molecule has 1 fully saturated rings. The first-order valence-electron chi connectivity index (χ1n) is 8.59. The van der Waals surface area contributed by atoms with Crippen LogP contribution in [0, 0.1) is 0 Å². The van der Waals surface area contributed by atoms with Crippen LogP contribution in [0.4, 0.5) is 4.79 Å². The standard InChI is InChI=1S/C20H19ClN2O3/c1-26-16-8-9-17-14(11-16)3-2-10-20(17)18(24)23(19(25)22-20)12-13-4-6-15(21)7-5-13/h4-9,11H,2-3,10,12H2,1H3,(H,22,25). The number of imide groups is 1. The summed E-state index contributed by atoms with van der Waals surface area (Å²) in [5, 5.41) is 3.59. The Bertz CT molecular complexity index is 881. The van der Waals surface area contributed by atoms with Gasteiger partial charge in [-0.3, -0.25) is 9.69 Å². The second-order valence-corrected chi connectivity index (χ2v) is 7.17. The van der Waals surface area contributed by atoms with Gasteiger partial charge in [0.05, 0.1) is 13.7 Å². The lowest BCUT2D eigenvalue weighted by Gasteiger charge is -2.33. The lowest BCUT2D eigenvalue weighted by atomic mass is 9.76. The molecule has 3 amide bonds. The number of nitrogens with zero attached hydrogens (tertiary/aromatic N) is 1. The number of halogens is 1. The zero-order valence-corrected chi connectivity index (χ0v) is 15.2. The van der Waals surface area contributed by atoms with Gasteiger partial charge < -0.3 is 10.1 Å². The summed E-state index contributed by atoms with van der Waals surface area (Å²) >= 11 is 5.91. The Kier molecular flexibility index (Phi) is 4.11. The third kappa shape index (κ3) is 2.63. The topological polar surface area (TPSA) is 58.6 Å². The molecule has 1 atom stereocenters. The molecule has 0 bridgehead atoms. The second-order valence-electron chi connectivity index (χ2n) is 6.73. The molecule has 1 saturated heterocycles. The van der Waals surface area contributed by atoms with Crippen molar-refractivity contribution >= 4 is 23.5 Å². The highest BCUT2D eigenvalue weighted by atomic mass is 35.5. The van der Waals surface area contributed by atoms with Gasteiger partial charge in [0.15, 0.2) is 0 Å². The van der Waals surface area contributed by atoms with Crippen molar-refractivity contribution in [2.45, 2.75) is 31.3 Å². The Morgan fingerprint density at radius 2 is 1.96 bits per heavy atom. The molecule has 1 N–H and O–H groups in total. The van der Waals surface area contributed by atoms with Crippen LogP contribution in [0.5, 0.6) is 5.75 Å². The Balaban J connectivity index is 1.68. The van der Waals surface area contributed by atoms with Crippen LogP contribution in [0.3, 0.4) is 0 Å². The van der Waals surface area contributed by atoms with Gasteiger partial charge in [-0.05, 0) is 60.2 Å². The van der Waals surface area contributed by atoms with Crippen LogP contribution in [0.15, 0.2) is 42.5 Å². The minimum atomic E-state index is -0.969. The van der Waals surface area contributed by atoms with E-state index >= 15 is 0 Å². The Hall–Kier alpha value is -2.53. The molecule has 1 spiro atoms. The fourth-order valence-electron chi connectivity index (χ4n) is 3.89. The van der Waals surface area contributed by atoms with E-state index in [0.717, 1.165) is 35.3 Å². The number of hydrogen-bond donors (Lipinski definition) is 1. The van der Waals surface area contributed by atoms with Gasteiger partial charge in [0.2, 0.25) is 0 Å². The molecule has 2 aromatic rings. The molecule has 2 aromatic carbocycles. The number of ether oxygens (including phenoxy) is 1. The number of carbonyl (C=O) groups is 2. The minimum absolute atomic E-state index is 0.191. The first-order chi connectivity index (χ1) is 12.5. The van der Waals surface area contributed by atoms with Crippen molar-refractivity contribution in [3.8, 4) is 5.75 Å². The Morgan fingerprint density at radius 3 is 2.69 bits per heavy atom. The number of amides is 3. The van der Waals surface area contributed by atoms with Crippen LogP contribution >= 0.6 is 11.6 Å². The van der Waals surface area contributed by atoms with E-state index in [4.69, 9.17) is 16.3 Å². The van der Waals surface area contributed by atoms with E-state index in [0.29, 0.717) is 11.4 Å². The lowest BCUT2D eigenvalue weighted by molar-refractivity contribution is -0.132. The first kappa shape index (κ1) is 16.9. The van der Waals surface area contributed by atoms with E-state index in [-0.39, 0.29) is 18.5 Å². The summed E-state index contributed by atoms with van der Waals surface area (Å²) < 4.78 is 5.30. The van der Waals surface area contributed by atoms with Gasteiger partial charge in [0.1, 0.15) is 11.3 Å². The molecule has 4 rings (SSSR count). The van der Waals surface area contributed by atoms with Crippen molar-refractivity contribution < 1.29 is 14.3 Å². The van der Waals surface area contributed by atoms with Crippen LogP contribution in [-0.4, -0.2) is 23.9 Å². The fraction of sp³-hybridized carbons (Fsp3) is 0.300. The van der Waals surface area contributed by atoms with Crippen molar-refractivity contribution in [2.75, 3.05) is 7.11 Å². The number of nitrogens with one attached hydrogen (secondary N) is 1. The molecular formula is C20H19ClN2O3. The summed E-state index contributed by atoms with van der Waals surface area (Å²) in [4.78, 5) is 27.2. The van der Waals surface area contributed by atoms with Gasteiger partial charge in [0, 0.05) is 5.02 Å². The number of urea groups is 1. The predicted molar refractivity (Wildman–Crippen MR) is 98.1 cm³/mol. The van der Waals surface area contributed by atoms with E-state index in [1.165, 1.54) is 4.90 Å². The SMILES string of the molecule is COc1ccc2c(c1)CCCC21NC(=O)N(Cc2ccc(Cl)cc2)C1=O. The number of rotatable bonds is 3. The molecule has 1 aliphatic carbocycles. The summed E-state index contributed by atoms with van der Waals surface area (Å²) in [6.07, 6.45) is 2.31. The van der Waals surface area contributed by atoms with Crippen LogP contribution in [0.1, 0.15) is 29.5 Å². The highest BCUT2D eigenvalue weighted by Crippen LogP contribution is 2.41. The summed E-state index contributed by atoms with van der Waals surface area (Å²) in [6.45, 7) is 0.231. The highest BCUT2D eigenvalue weighted by Gasteiger charge is 2.53. The molecule has 1 aliphatic heterocycles. The molecule has 0 radical (unpaired) electrons. The lowest BCUT2D eigenvalue weighted by Crippen LogP contribution is -2.46. The Morgan fingerprint density at radius 1 is 1.19 bits per heavy atom. The quantitative estimate of drug-likeness (QED) is 0.839. The smallest absolute Gasteiger partial charge is 0.325 e. The van der Waals surface area contributed by atoms with E-state index in [2.05, 4.69) is 5.32 Å². The molecule has 134 valence electrons. The summed E-state index contributed by atoms with van der Waals surface area (Å²) in [5.41, 5.74) is 1.82. The van der Waals surface area contributed by atoms with Gasteiger partial charge in [-0.15, -0.1) is 0 Å². The second kappa shape index (κ2) is 6.32. The van der Waals surface area contributed by atoms with Crippen molar-refractivity contribution in [3.05, 3.63) is 64.2 Å². The normalized spacial score (nSPS) is 21.7. The molecule has 5 nitrogen and oxygen atoms in total. The van der Waals surface area contributed by atoms with Crippen molar-refractivity contribution in [2.24, 2.45) is 0 Å². The first-order valence-corrected chi connectivity index (χ1v) is 8.97. The van der Waals surface area contributed by atoms with E-state index in [9.17, 15) is 9.59 Å². The van der Waals surface area contributed by atoms with Crippen LogP contribution in [0.2, 0.25) is 5.02 Å². The van der Waals surface area contributed by atoms with Gasteiger partial charge in [-0.2, -0.15) is 0 Å². The van der Waals surface area contributed by atoms with Crippen LogP contribution in [-0.2, 0) is 23.3 Å². The zero-order chi connectivity index (χ0) is 18.3. The highest BCUT2D eigenvalue weighted by molar-refractivity contribution is 6.30. The van der Waals surface area contributed by atoms with Gasteiger partial charge >= 0.3 is 6.03 Å². The van der Waals surface area contributed by atoms with Crippen LogP contribution < -0.4 is 10.1 Å². The summed E-state index contributed by atoms with van der Waals surface area (Å²) in [6, 6.07) is 12.5. The summed E-state index contributed by atoms with van der Waals surface area (Å²) in [7, 11) is 1.62. The molecule has 1 unspecified atom stereocenters. The van der Waals surface area contributed by atoms with Crippen LogP contribution in [0.25, 0.3) is 0 Å². The molecule has 26 heavy (non-hydrogen) atoms. The maximum Gasteiger partial charge on any atom is 0.325 e. The molecule has 0 aromatic heterocycles. The average Bonchev–Trinajstić information content (AvgIpc) is 2.88. The molecular weight excluding hydrogens is 352 g/mol. The molecule has 6 heteroatoms. The van der Waals surface area contributed by atoms with Crippen molar-refractivity contribution in [1.82, 2.24) is 10.2 Å². The summed E-state index contributed by atoms with van der Waals surface area (Å²) in [5.74, 6) is 0.569. The third-order valence-electron chi connectivity index (χ3n) is 5.20. The van der Waals surface area contributed by atoms with Gasteiger partial charge in [-0.25, -0.2) is 4.79 Å². The maximum absolute atomic E-state index is 13.3. The van der Waals surface area contributed by atoms with Crippen molar-refractivity contribution in [3.63, 3.8) is 0 Å². The molecule has 2 aliphatic rings. The Labute approximate surface area is 156 Å². The fourth-order valence-corrected chi connectivity index (χ4v) is 4.02. The monoisotopic (exact) mass is 370 g/mol. The molecule has 0 saturated carbocycles. The van der Waals surface area contributed by atoms with Crippen molar-refractivity contribution in [1.29, 1.82) is 0 Å². The number of aryl methyl sites for hydroxylation is 1. The number of benzene rings is 2. The number of hydrogen-bond acceptors (Lipinski definition) is 3. The minimum Gasteiger partial charge on any atom is -0.497 e. The van der Waals surface area contributed by atoms with E-state index in [1.807, 2.05) is 30.3 Å².